The maximum Gasteiger partial charge on any atom is 0.271 e. The highest BCUT2D eigenvalue weighted by molar-refractivity contribution is 6.02. The Balaban J connectivity index is 1.27. The molecule has 1 fully saturated rings. The van der Waals surface area contributed by atoms with E-state index < -0.39 is 5.66 Å². The molecule has 8 heteroatoms. The number of hydrogen-bond donors (Lipinski definition) is 3. The van der Waals surface area contributed by atoms with E-state index in [1.54, 1.807) is 18.1 Å². The van der Waals surface area contributed by atoms with Crippen LogP contribution in [-0.4, -0.2) is 52.8 Å². The van der Waals surface area contributed by atoms with Crippen LogP contribution < -0.4 is 15.4 Å². The second kappa shape index (κ2) is 7.46. The quantitative estimate of drug-likeness (QED) is 0.609. The summed E-state index contributed by atoms with van der Waals surface area (Å²) in [5.41, 5.74) is 3.02. The number of carbonyl (C=O) groups is 2. The van der Waals surface area contributed by atoms with Gasteiger partial charge >= 0.3 is 0 Å². The topological polar surface area (TPSA) is 99.4 Å². The number of rotatable bonds is 3. The molecule has 2 aliphatic heterocycles. The average molecular weight is 417 g/mol. The third-order valence-electron chi connectivity index (χ3n) is 6.00. The molecule has 8 nitrogen and oxygen atoms in total. The van der Waals surface area contributed by atoms with Gasteiger partial charge in [-0.25, -0.2) is 0 Å². The van der Waals surface area contributed by atoms with Gasteiger partial charge in [0.25, 0.3) is 11.8 Å². The minimum absolute atomic E-state index is 0.0770. The molecule has 3 heterocycles. The number of anilines is 1. The molecule has 5 rings (SSSR count). The number of methoxy groups -OCH3 is 1. The lowest BCUT2D eigenvalue weighted by Gasteiger charge is -2.45. The van der Waals surface area contributed by atoms with Crippen molar-refractivity contribution in [2.24, 2.45) is 0 Å². The van der Waals surface area contributed by atoms with Crippen LogP contribution in [0.5, 0.6) is 5.75 Å². The van der Waals surface area contributed by atoms with Crippen LogP contribution in [0.25, 0.3) is 11.3 Å². The summed E-state index contributed by atoms with van der Waals surface area (Å²) in [5, 5.41) is 13.7. The van der Waals surface area contributed by atoms with Gasteiger partial charge < -0.3 is 20.3 Å². The number of ether oxygens (including phenoxy) is 1. The Labute approximate surface area is 179 Å². The molecule has 31 heavy (non-hydrogen) atoms. The van der Waals surface area contributed by atoms with Gasteiger partial charge in [0.1, 0.15) is 17.1 Å². The Kier molecular flexibility index (Phi) is 4.62. The number of aromatic nitrogens is 2. The lowest BCUT2D eigenvalue weighted by atomic mass is 9.92. The summed E-state index contributed by atoms with van der Waals surface area (Å²) in [6.45, 7) is 1.07. The van der Waals surface area contributed by atoms with Gasteiger partial charge in [-0.05, 0) is 42.5 Å². The third kappa shape index (κ3) is 3.50. The summed E-state index contributed by atoms with van der Waals surface area (Å²) in [4.78, 5) is 27.3. The van der Waals surface area contributed by atoms with E-state index in [1.807, 2.05) is 48.5 Å². The number of benzene rings is 2. The number of amides is 2. The van der Waals surface area contributed by atoms with Crippen LogP contribution in [0.2, 0.25) is 0 Å². The zero-order chi connectivity index (χ0) is 21.4. The molecular weight excluding hydrogens is 394 g/mol. The molecule has 2 aromatic carbocycles. The minimum atomic E-state index is -0.523. The standard InChI is InChI=1S/C23H23N5O3/c1-31-16-8-6-15(7-9-16)19-14-20(27-26-19)22(30)28-12-10-23(11-13-28)24-18-5-3-2-4-17(18)21(29)25-23/h2-9,14,24H,10-13H2,1H3,(H,25,29)(H,26,27). The number of nitrogens with zero attached hydrogens (tertiary/aromatic N) is 2. The van der Waals surface area contributed by atoms with Gasteiger partial charge in [0.15, 0.2) is 0 Å². The van der Waals surface area contributed by atoms with E-state index in [4.69, 9.17) is 4.74 Å². The molecule has 158 valence electrons. The number of likely N-dealkylation sites (tertiary alicyclic amines) is 1. The predicted octanol–water partition coefficient (Wildman–Crippen LogP) is 2.87. The van der Waals surface area contributed by atoms with Gasteiger partial charge in [0.05, 0.1) is 18.4 Å². The summed E-state index contributed by atoms with van der Waals surface area (Å²) >= 11 is 0. The molecule has 0 aliphatic carbocycles. The molecule has 1 saturated heterocycles. The van der Waals surface area contributed by atoms with Crippen molar-refractivity contribution in [3.63, 3.8) is 0 Å². The highest BCUT2D eigenvalue weighted by Gasteiger charge is 2.41. The van der Waals surface area contributed by atoms with Gasteiger partial charge in [0.2, 0.25) is 0 Å². The SMILES string of the molecule is COc1ccc(-c2cc(C(=O)N3CCC4(CC3)NC(=O)c3ccccc3N4)[nH]n2)cc1. The number of nitrogens with one attached hydrogen (secondary N) is 3. The van der Waals surface area contributed by atoms with Gasteiger partial charge in [-0.15, -0.1) is 0 Å². The largest absolute Gasteiger partial charge is 0.497 e. The van der Waals surface area contributed by atoms with Crippen molar-refractivity contribution in [2.45, 2.75) is 18.5 Å². The molecule has 0 unspecified atom stereocenters. The Morgan fingerprint density at radius 1 is 1.06 bits per heavy atom. The zero-order valence-corrected chi connectivity index (χ0v) is 17.1. The van der Waals surface area contributed by atoms with E-state index in [0.29, 0.717) is 42.9 Å². The zero-order valence-electron chi connectivity index (χ0n) is 17.1. The van der Waals surface area contributed by atoms with Crippen molar-refractivity contribution in [1.29, 1.82) is 0 Å². The monoisotopic (exact) mass is 417 g/mol. The average Bonchev–Trinajstić information content (AvgIpc) is 3.29. The molecular formula is C23H23N5O3. The van der Waals surface area contributed by atoms with Crippen LogP contribution in [-0.2, 0) is 0 Å². The fraction of sp³-hybridized carbons (Fsp3) is 0.261. The highest BCUT2D eigenvalue weighted by atomic mass is 16.5. The van der Waals surface area contributed by atoms with E-state index in [1.165, 1.54) is 0 Å². The Hall–Kier alpha value is -3.81. The van der Waals surface area contributed by atoms with Crippen LogP contribution >= 0.6 is 0 Å². The van der Waals surface area contributed by atoms with Crippen LogP contribution in [0.4, 0.5) is 5.69 Å². The molecule has 3 aromatic rings. The molecule has 3 N–H and O–H groups in total. The molecule has 2 aliphatic rings. The van der Waals surface area contributed by atoms with Crippen LogP contribution in [0.15, 0.2) is 54.6 Å². The van der Waals surface area contributed by atoms with Crippen LogP contribution in [0.3, 0.4) is 0 Å². The van der Waals surface area contributed by atoms with Crippen LogP contribution in [0, 0.1) is 0 Å². The van der Waals surface area contributed by atoms with Crippen LogP contribution in [0.1, 0.15) is 33.7 Å². The van der Waals surface area contributed by atoms with E-state index in [9.17, 15) is 9.59 Å². The second-order valence-electron chi connectivity index (χ2n) is 7.89. The minimum Gasteiger partial charge on any atom is -0.497 e. The van der Waals surface area contributed by atoms with Crippen molar-refractivity contribution in [3.05, 3.63) is 65.9 Å². The van der Waals surface area contributed by atoms with E-state index >= 15 is 0 Å². The lowest BCUT2D eigenvalue weighted by molar-refractivity contribution is 0.0634. The predicted molar refractivity (Wildman–Crippen MR) is 116 cm³/mol. The highest BCUT2D eigenvalue weighted by Crippen LogP contribution is 2.31. The second-order valence-corrected chi connectivity index (χ2v) is 7.89. The summed E-state index contributed by atoms with van der Waals surface area (Å²) in [7, 11) is 1.62. The molecule has 2 amide bonds. The van der Waals surface area contributed by atoms with Gasteiger partial charge in [-0.3, -0.25) is 14.7 Å². The van der Waals surface area contributed by atoms with E-state index in [2.05, 4.69) is 20.8 Å². The fourth-order valence-corrected chi connectivity index (χ4v) is 4.22. The maximum atomic E-state index is 13.0. The van der Waals surface area contributed by atoms with E-state index in [0.717, 1.165) is 17.0 Å². The Morgan fingerprint density at radius 3 is 2.55 bits per heavy atom. The van der Waals surface area contributed by atoms with Crippen molar-refractivity contribution in [3.8, 4) is 17.0 Å². The van der Waals surface area contributed by atoms with Gasteiger partial charge in [-0.1, -0.05) is 12.1 Å². The first kappa shape index (κ1) is 19.2. The lowest BCUT2D eigenvalue weighted by Crippen LogP contribution is -2.62. The third-order valence-corrected chi connectivity index (χ3v) is 6.00. The number of hydrogen-bond acceptors (Lipinski definition) is 5. The summed E-state index contributed by atoms with van der Waals surface area (Å²) in [6, 6.07) is 16.8. The molecule has 0 saturated carbocycles. The first-order valence-corrected chi connectivity index (χ1v) is 10.3. The van der Waals surface area contributed by atoms with Crippen molar-refractivity contribution >= 4 is 17.5 Å². The smallest absolute Gasteiger partial charge is 0.271 e. The first-order chi connectivity index (χ1) is 15.1. The van der Waals surface area contributed by atoms with Crippen molar-refractivity contribution in [2.75, 3.05) is 25.5 Å². The normalized spacial score (nSPS) is 16.9. The van der Waals surface area contributed by atoms with Gasteiger partial charge in [-0.2, -0.15) is 5.10 Å². The first-order valence-electron chi connectivity index (χ1n) is 10.3. The Bertz CT molecular complexity index is 1130. The summed E-state index contributed by atoms with van der Waals surface area (Å²) < 4.78 is 5.18. The molecule has 0 bridgehead atoms. The Morgan fingerprint density at radius 2 is 1.81 bits per heavy atom. The van der Waals surface area contributed by atoms with E-state index in [-0.39, 0.29) is 11.8 Å². The number of para-hydroxylation sites is 1. The number of H-pyrrole nitrogens is 1. The molecule has 0 radical (unpaired) electrons. The number of fused-ring (bicyclic) bond motifs is 1. The molecule has 0 atom stereocenters. The maximum absolute atomic E-state index is 13.0. The fourth-order valence-electron chi connectivity index (χ4n) is 4.22. The number of piperidine rings is 1. The molecule has 1 spiro atoms. The summed E-state index contributed by atoms with van der Waals surface area (Å²) in [5.74, 6) is 0.598. The number of carbonyl (C=O) groups excluding carboxylic acids is 2. The molecule has 1 aromatic heterocycles. The number of aromatic amines is 1. The van der Waals surface area contributed by atoms with Crippen molar-refractivity contribution in [1.82, 2.24) is 20.4 Å². The van der Waals surface area contributed by atoms with Crippen molar-refractivity contribution < 1.29 is 14.3 Å². The summed E-state index contributed by atoms with van der Waals surface area (Å²) in [6.07, 6.45) is 1.25. The van der Waals surface area contributed by atoms with Gasteiger partial charge in [0, 0.05) is 37.2 Å².